The molecule has 0 aromatic rings. The second-order valence-corrected chi connectivity index (χ2v) is 3.82. The fourth-order valence-corrected chi connectivity index (χ4v) is 1.84. The van der Waals surface area contributed by atoms with Gasteiger partial charge in [0.05, 0.1) is 6.61 Å². The van der Waals surface area contributed by atoms with E-state index in [-0.39, 0.29) is 13.0 Å². The minimum absolute atomic E-state index is 0.126. The predicted molar refractivity (Wildman–Crippen MR) is 56.3 cm³/mol. The van der Waals surface area contributed by atoms with E-state index in [1.807, 2.05) is 0 Å². The molecule has 0 amide bonds. The predicted octanol–water partition coefficient (Wildman–Crippen LogP) is 1.00. The second kappa shape index (κ2) is 5.41. The van der Waals surface area contributed by atoms with Crippen LogP contribution in [0.3, 0.4) is 0 Å². The molecule has 2 atom stereocenters. The lowest BCUT2D eigenvalue weighted by atomic mass is 9.90. The van der Waals surface area contributed by atoms with Gasteiger partial charge in [0, 0.05) is 6.61 Å². The zero-order valence-corrected chi connectivity index (χ0v) is 9.69. The summed E-state index contributed by atoms with van der Waals surface area (Å²) in [5.74, 6) is -1.69. The van der Waals surface area contributed by atoms with Crippen molar-refractivity contribution in [2.75, 3.05) is 13.2 Å². The van der Waals surface area contributed by atoms with Gasteiger partial charge in [-0.25, -0.2) is 4.79 Å². The summed E-state index contributed by atoms with van der Waals surface area (Å²) in [6.07, 6.45) is 0.535. The van der Waals surface area contributed by atoms with Crippen molar-refractivity contribution in [1.82, 2.24) is 0 Å². The van der Waals surface area contributed by atoms with Gasteiger partial charge in [0.1, 0.15) is 6.10 Å². The third-order valence-corrected chi connectivity index (χ3v) is 2.86. The maximum absolute atomic E-state index is 12.1. The Hall–Kier alpha value is -0.940. The molecule has 0 radical (unpaired) electrons. The molecule has 1 aliphatic rings. The number of carbonyl (C=O) groups excluding carboxylic acids is 1. The normalized spacial score (nSPS) is 31.9. The highest BCUT2D eigenvalue weighted by Gasteiger charge is 2.49. The van der Waals surface area contributed by atoms with Crippen molar-refractivity contribution in [3.8, 4) is 0 Å². The van der Waals surface area contributed by atoms with Crippen molar-refractivity contribution in [2.45, 2.75) is 44.8 Å². The summed E-state index contributed by atoms with van der Waals surface area (Å²) in [5.41, 5.74) is -1.72. The van der Waals surface area contributed by atoms with Crippen LogP contribution >= 0.6 is 0 Å². The Morgan fingerprint density at radius 3 is 2.69 bits per heavy atom. The van der Waals surface area contributed by atoms with E-state index in [2.05, 4.69) is 0 Å². The highest BCUT2D eigenvalue weighted by molar-refractivity contribution is 6.08. The monoisotopic (exact) mass is 230 g/mol. The highest BCUT2D eigenvalue weighted by Crippen LogP contribution is 2.24. The molecule has 0 aliphatic carbocycles. The Kier molecular flexibility index (Phi) is 4.44. The first kappa shape index (κ1) is 13.1. The Morgan fingerprint density at radius 2 is 2.19 bits per heavy atom. The van der Waals surface area contributed by atoms with E-state index >= 15 is 0 Å². The van der Waals surface area contributed by atoms with Gasteiger partial charge < -0.3 is 14.6 Å². The van der Waals surface area contributed by atoms with Gasteiger partial charge in [-0.2, -0.15) is 0 Å². The van der Waals surface area contributed by atoms with E-state index < -0.39 is 23.5 Å². The third-order valence-electron chi connectivity index (χ3n) is 2.86. The van der Waals surface area contributed by atoms with E-state index in [1.54, 1.807) is 13.8 Å². The molecule has 92 valence electrons. The fraction of sp³-hybridized carbons (Fsp3) is 0.818. The number of carboxylic acid groups (broad SMARTS) is 1. The summed E-state index contributed by atoms with van der Waals surface area (Å²) in [6.45, 7) is 4.11. The quantitative estimate of drug-likeness (QED) is 0.732. The third kappa shape index (κ3) is 2.25. The molecule has 1 rings (SSSR count). The number of aliphatic carboxylic acids is 1. The van der Waals surface area contributed by atoms with Gasteiger partial charge in [-0.15, -0.1) is 0 Å². The Morgan fingerprint density at radius 1 is 1.50 bits per heavy atom. The number of ketones is 1. The second-order valence-electron chi connectivity index (χ2n) is 3.82. The molecule has 0 aromatic heterocycles. The van der Waals surface area contributed by atoms with Crippen LogP contribution in [0.4, 0.5) is 0 Å². The van der Waals surface area contributed by atoms with Crippen molar-refractivity contribution >= 4 is 11.8 Å². The molecule has 0 spiro atoms. The molecule has 0 aromatic carbocycles. The zero-order chi connectivity index (χ0) is 12.2. The zero-order valence-electron chi connectivity index (χ0n) is 9.69. The first-order chi connectivity index (χ1) is 7.58. The number of carbonyl (C=O) groups is 2. The van der Waals surface area contributed by atoms with Gasteiger partial charge in [0.2, 0.25) is 11.4 Å². The SMILES string of the molecule is CCC1OCCCOC(CC)(C(=O)O)C1=O. The maximum Gasteiger partial charge on any atom is 0.343 e. The molecule has 2 unspecified atom stereocenters. The molecule has 1 fully saturated rings. The Bertz CT molecular complexity index is 276. The van der Waals surface area contributed by atoms with Gasteiger partial charge in [0.15, 0.2) is 0 Å². The minimum atomic E-state index is -1.72. The largest absolute Gasteiger partial charge is 0.479 e. The number of Topliss-reactive ketones (excluding diaryl/α,β-unsaturated/α-hetero) is 1. The number of rotatable bonds is 3. The summed E-state index contributed by atoms with van der Waals surface area (Å²) in [6, 6.07) is 0. The molecule has 0 bridgehead atoms. The lowest BCUT2D eigenvalue weighted by molar-refractivity contribution is -0.183. The molecule has 1 saturated heterocycles. The van der Waals surface area contributed by atoms with E-state index in [0.717, 1.165) is 0 Å². The number of ether oxygens (including phenoxy) is 2. The summed E-state index contributed by atoms with van der Waals surface area (Å²) in [5, 5.41) is 9.19. The molecular formula is C11H18O5. The topological polar surface area (TPSA) is 72.8 Å². The highest BCUT2D eigenvalue weighted by atomic mass is 16.5. The summed E-state index contributed by atoms with van der Waals surface area (Å²) >= 11 is 0. The van der Waals surface area contributed by atoms with E-state index in [0.29, 0.717) is 19.4 Å². The molecule has 1 N–H and O–H groups in total. The summed E-state index contributed by atoms with van der Waals surface area (Å²) in [7, 11) is 0. The van der Waals surface area contributed by atoms with Crippen LogP contribution in [-0.2, 0) is 19.1 Å². The molecule has 1 heterocycles. The van der Waals surface area contributed by atoms with Gasteiger partial charge in [-0.05, 0) is 19.3 Å². The molecule has 0 saturated carbocycles. The smallest absolute Gasteiger partial charge is 0.343 e. The molecule has 5 nitrogen and oxygen atoms in total. The van der Waals surface area contributed by atoms with Crippen LogP contribution in [0, 0.1) is 0 Å². The van der Waals surface area contributed by atoms with Gasteiger partial charge in [0.25, 0.3) is 0 Å². The van der Waals surface area contributed by atoms with Gasteiger partial charge >= 0.3 is 5.97 Å². The molecule has 16 heavy (non-hydrogen) atoms. The summed E-state index contributed by atoms with van der Waals surface area (Å²) < 4.78 is 10.7. The van der Waals surface area contributed by atoms with E-state index in [4.69, 9.17) is 9.47 Å². The average Bonchev–Trinajstić information content (AvgIpc) is 2.25. The van der Waals surface area contributed by atoms with Crippen molar-refractivity contribution in [1.29, 1.82) is 0 Å². The number of hydrogen-bond acceptors (Lipinski definition) is 4. The first-order valence-corrected chi connectivity index (χ1v) is 5.61. The van der Waals surface area contributed by atoms with Crippen LogP contribution in [0.15, 0.2) is 0 Å². The fourth-order valence-electron chi connectivity index (χ4n) is 1.84. The van der Waals surface area contributed by atoms with Crippen LogP contribution in [0.2, 0.25) is 0 Å². The summed E-state index contributed by atoms with van der Waals surface area (Å²) in [4.78, 5) is 23.3. The number of carboxylic acids is 1. The van der Waals surface area contributed by atoms with Crippen molar-refractivity contribution in [3.63, 3.8) is 0 Å². The average molecular weight is 230 g/mol. The Labute approximate surface area is 94.7 Å². The number of hydrogen-bond donors (Lipinski definition) is 1. The van der Waals surface area contributed by atoms with Crippen LogP contribution in [0.1, 0.15) is 33.1 Å². The lowest BCUT2D eigenvalue weighted by Crippen LogP contribution is -2.54. The molecular weight excluding hydrogens is 212 g/mol. The van der Waals surface area contributed by atoms with Crippen LogP contribution in [0.5, 0.6) is 0 Å². The Balaban J connectivity index is 3.00. The molecule has 1 aliphatic heterocycles. The van der Waals surface area contributed by atoms with Crippen molar-refractivity contribution < 1.29 is 24.2 Å². The van der Waals surface area contributed by atoms with Crippen molar-refractivity contribution in [3.05, 3.63) is 0 Å². The standard InChI is InChI=1S/C11H18O5/c1-3-8-9(12)11(4-2,10(13)14)16-7-5-6-15-8/h8H,3-7H2,1-2H3,(H,13,14). The van der Waals surface area contributed by atoms with E-state index in [1.165, 1.54) is 0 Å². The molecule has 5 heteroatoms. The lowest BCUT2D eigenvalue weighted by Gasteiger charge is -2.32. The van der Waals surface area contributed by atoms with Crippen LogP contribution in [0.25, 0.3) is 0 Å². The van der Waals surface area contributed by atoms with Crippen molar-refractivity contribution in [2.24, 2.45) is 0 Å². The van der Waals surface area contributed by atoms with Crippen LogP contribution < -0.4 is 0 Å². The maximum atomic E-state index is 12.1. The minimum Gasteiger partial charge on any atom is -0.479 e. The van der Waals surface area contributed by atoms with Gasteiger partial charge in [-0.1, -0.05) is 13.8 Å². The first-order valence-electron chi connectivity index (χ1n) is 5.61. The van der Waals surface area contributed by atoms with Crippen LogP contribution in [-0.4, -0.2) is 41.8 Å². The van der Waals surface area contributed by atoms with Gasteiger partial charge in [-0.3, -0.25) is 4.79 Å². The van der Waals surface area contributed by atoms with E-state index in [9.17, 15) is 14.7 Å².